The fraction of sp³-hybridized carbons (Fsp3) is 0.500. The minimum atomic E-state index is -3.16. The van der Waals surface area contributed by atoms with E-state index in [4.69, 9.17) is 11.6 Å². The lowest BCUT2D eigenvalue weighted by atomic mass is 10.3. The topological polar surface area (TPSA) is 66.4 Å². The molecule has 0 amide bonds. The predicted octanol–water partition coefficient (Wildman–Crippen LogP) is 1.88. The zero-order valence-electron chi connectivity index (χ0n) is 10.3. The fourth-order valence-corrected chi connectivity index (χ4v) is 2.89. The average Bonchev–Trinajstić information content (AvgIpc) is 2.36. The summed E-state index contributed by atoms with van der Waals surface area (Å²) in [6.07, 6.45) is -0.0141. The number of aliphatic hydroxyl groups is 1. The summed E-state index contributed by atoms with van der Waals surface area (Å²) in [7, 11) is -3.16. The first kappa shape index (κ1) is 15.3. The number of halogens is 1. The zero-order valence-corrected chi connectivity index (χ0v) is 11.8. The molecule has 0 saturated carbocycles. The lowest BCUT2D eigenvalue weighted by Crippen LogP contribution is -2.20. The van der Waals surface area contributed by atoms with Crippen LogP contribution in [0.2, 0.25) is 0 Å². The molecule has 0 saturated heterocycles. The van der Waals surface area contributed by atoms with Crippen molar-refractivity contribution in [1.29, 1.82) is 0 Å². The third kappa shape index (κ3) is 4.48. The van der Waals surface area contributed by atoms with Crippen molar-refractivity contribution in [1.82, 2.24) is 0 Å². The highest BCUT2D eigenvalue weighted by molar-refractivity contribution is 7.91. The molecule has 1 unspecified atom stereocenters. The molecular formula is C12H18ClNO3S. The van der Waals surface area contributed by atoms with E-state index in [1.54, 1.807) is 24.3 Å². The Labute approximate surface area is 113 Å². The van der Waals surface area contributed by atoms with E-state index >= 15 is 0 Å². The normalized spacial score (nSPS) is 13.3. The van der Waals surface area contributed by atoms with Crippen LogP contribution in [0.4, 0.5) is 5.69 Å². The lowest BCUT2D eigenvalue weighted by Gasteiger charge is -2.10. The molecule has 2 N–H and O–H groups in total. The molecule has 0 aliphatic carbocycles. The maximum absolute atomic E-state index is 11.8. The molecule has 0 aromatic heterocycles. The van der Waals surface area contributed by atoms with Crippen molar-refractivity contribution in [3.8, 4) is 0 Å². The van der Waals surface area contributed by atoms with Crippen molar-refractivity contribution in [3.63, 3.8) is 0 Å². The predicted molar refractivity (Wildman–Crippen MR) is 74.0 cm³/mol. The van der Waals surface area contributed by atoms with E-state index in [9.17, 15) is 13.5 Å². The first-order valence-corrected chi connectivity index (χ1v) is 7.99. The number of rotatable bonds is 7. The average molecular weight is 292 g/mol. The minimum Gasteiger partial charge on any atom is -0.390 e. The second kappa shape index (κ2) is 6.97. The van der Waals surface area contributed by atoms with E-state index in [0.717, 1.165) is 5.69 Å². The van der Waals surface area contributed by atoms with E-state index in [1.807, 2.05) is 6.92 Å². The maximum Gasteiger partial charge on any atom is 0.178 e. The van der Waals surface area contributed by atoms with Gasteiger partial charge in [0.15, 0.2) is 9.84 Å². The maximum atomic E-state index is 11.8. The Morgan fingerprint density at radius 2 is 1.94 bits per heavy atom. The largest absolute Gasteiger partial charge is 0.390 e. The molecule has 0 spiro atoms. The van der Waals surface area contributed by atoms with E-state index in [1.165, 1.54) is 0 Å². The summed E-state index contributed by atoms with van der Waals surface area (Å²) in [5.74, 6) is 0.320. The molecule has 1 aromatic carbocycles. The van der Waals surface area contributed by atoms with Crippen LogP contribution in [-0.2, 0) is 9.84 Å². The summed E-state index contributed by atoms with van der Waals surface area (Å²) in [6.45, 7) is 2.17. The molecule has 0 aliphatic heterocycles. The highest BCUT2D eigenvalue weighted by atomic mass is 35.5. The van der Waals surface area contributed by atoms with Gasteiger partial charge in [-0.2, -0.15) is 0 Å². The molecule has 1 atom stereocenters. The van der Waals surface area contributed by atoms with E-state index in [-0.39, 0.29) is 11.6 Å². The number of nitrogens with one attached hydrogen (secondary N) is 1. The first-order chi connectivity index (χ1) is 8.49. The van der Waals surface area contributed by atoms with Crippen LogP contribution in [0.1, 0.15) is 13.3 Å². The summed E-state index contributed by atoms with van der Waals surface area (Å²) in [5, 5.41) is 12.3. The highest BCUT2D eigenvalue weighted by Gasteiger charge is 2.12. The lowest BCUT2D eigenvalue weighted by molar-refractivity contribution is 0.211. The molecule has 0 heterocycles. The van der Waals surface area contributed by atoms with Gasteiger partial charge in [0.05, 0.1) is 22.6 Å². The van der Waals surface area contributed by atoms with Gasteiger partial charge in [-0.1, -0.05) is 6.92 Å². The van der Waals surface area contributed by atoms with Gasteiger partial charge in [0.1, 0.15) is 0 Å². The van der Waals surface area contributed by atoms with Gasteiger partial charge in [-0.25, -0.2) is 8.42 Å². The van der Waals surface area contributed by atoms with Crippen molar-refractivity contribution in [3.05, 3.63) is 24.3 Å². The SMILES string of the molecule is CCCS(=O)(=O)c1ccc(NCC(O)CCl)cc1. The van der Waals surface area contributed by atoms with Crippen LogP contribution in [0.5, 0.6) is 0 Å². The molecule has 0 bridgehead atoms. The van der Waals surface area contributed by atoms with Gasteiger partial charge < -0.3 is 10.4 Å². The number of aliphatic hydroxyl groups excluding tert-OH is 1. The molecule has 6 heteroatoms. The van der Waals surface area contributed by atoms with Crippen LogP contribution >= 0.6 is 11.6 Å². The summed E-state index contributed by atoms with van der Waals surface area (Å²) in [5.41, 5.74) is 0.759. The molecular weight excluding hydrogens is 274 g/mol. The minimum absolute atomic E-state index is 0.157. The number of hydrogen-bond acceptors (Lipinski definition) is 4. The van der Waals surface area contributed by atoms with Crippen LogP contribution in [0.15, 0.2) is 29.2 Å². The number of sulfone groups is 1. The van der Waals surface area contributed by atoms with Crippen LogP contribution < -0.4 is 5.32 Å². The summed E-state index contributed by atoms with van der Waals surface area (Å²) in [6, 6.07) is 6.51. The van der Waals surface area contributed by atoms with Gasteiger partial charge in [0.2, 0.25) is 0 Å². The molecule has 0 radical (unpaired) electrons. The van der Waals surface area contributed by atoms with Gasteiger partial charge in [-0.3, -0.25) is 0 Å². The zero-order chi connectivity index (χ0) is 13.6. The molecule has 1 aromatic rings. The van der Waals surface area contributed by atoms with E-state index in [2.05, 4.69) is 5.32 Å². The molecule has 0 fully saturated rings. The van der Waals surface area contributed by atoms with Crippen molar-refractivity contribution < 1.29 is 13.5 Å². The smallest absolute Gasteiger partial charge is 0.178 e. The van der Waals surface area contributed by atoms with E-state index < -0.39 is 15.9 Å². The Morgan fingerprint density at radius 3 is 2.44 bits per heavy atom. The van der Waals surface area contributed by atoms with Crippen molar-refractivity contribution in [2.75, 3.05) is 23.5 Å². The standard InChI is InChI=1S/C12H18ClNO3S/c1-2-7-18(16,17)12-5-3-10(4-6-12)14-9-11(15)8-13/h3-6,11,14-15H,2,7-9H2,1H3. The van der Waals surface area contributed by atoms with Crippen molar-refractivity contribution >= 4 is 27.1 Å². The number of anilines is 1. The molecule has 4 nitrogen and oxygen atoms in total. The van der Waals surface area contributed by atoms with Crippen molar-refractivity contribution in [2.24, 2.45) is 0 Å². The van der Waals surface area contributed by atoms with Gasteiger partial charge in [0, 0.05) is 12.2 Å². The van der Waals surface area contributed by atoms with Gasteiger partial charge in [-0.05, 0) is 30.7 Å². The summed E-state index contributed by atoms with van der Waals surface area (Å²) >= 11 is 5.47. The van der Waals surface area contributed by atoms with Crippen LogP contribution in [0.3, 0.4) is 0 Å². The monoisotopic (exact) mass is 291 g/mol. The summed E-state index contributed by atoms with van der Waals surface area (Å²) in [4.78, 5) is 0.327. The number of alkyl halides is 1. The van der Waals surface area contributed by atoms with Gasteiger partial charge >= 0.3 is 0 Å². The number of benzene rings is 1. The quantitative estimate of drug-likeness (QED) is 0.753. The third-order valence-corrected chi connectivity index (χ3v) is 4.70. The Hall–Kier alpha value is -0.780. The summed E-state index contributed by atoms with van der Waals surface area (Å²) < 4.78 is 23.6. The van der Waals surface area contributed by atoms with Crippen molar-refractivity contribution in [2.45, 2.75) is 24.3 Å². The Balaban J connectivity index is 2.68. The highest BCUT2D eigenvalue weighted by Crippen LogP contribution is 2.16. The molecule has 0 aliphatic rings. The molecule has 1 rings (SSSR count). The van der Waals surface area contributed by atoms with Crippen LogP contribution in [0.25, 0.3) is 0 Å². The fourth-order valence-electron chi connectivity index (χ4n) is 1.46. The first-order valence-electron chi connectivity index (χ1n) is 5.80. The second-order valence-electron chi connectivity index (χ2n) is 4.03. The number of hydrogen-bond donors (Lipinski definition) is 2. The van der Waals surface area contributed by atoms with Gasteiger partial charge in [-0.15, -0.1) is 11.6 Å². The van der Waals surface area contributed by atoms with Crippen LogP contribution in [0, 0.1) is 0 Å². The third-order valence-electron chi connectivity index (χ3n) is 2.41. The van der Waals surface area contributed by atoms with Crippen LogP contribution in [-0.4, -0.2) is 37.8 Å². The van der Waals surface area contributed by atoms with E-state index in [0.29, 0.717) is 17.9 Å². The second-order valence-corrected chi connectivity index (χ2v) is 6.45. The molecule has 102 valence electrons. The Bertz CT molecular complexity index is 459. The Kier molecular flexibility index (Phi) is 5.91. The Morgan fingerprint density at radius 1 is 1.33 bits per heavy atom. The molecule has 18 heavy (non-hydrogen) atoms. The van der Waals surface area contributed by atoms with Gasteiger partial charge in [0.25, 0.3) is 0 Å².